The van der Waals surface area contributed by atoms with E-state index < -0.39 is 0 Å². The first kappa shape index (κ1) is 11.7. The first-order valence-electron chi connectivity index (χ1n) is 5.39. The van der Waals surface area contributed by atoms with Gasteiger partial charge in [0, 0.05) is 25.7 Å². The van der Waals surface area contributed by atoms with E-state index in [1.807, 2.05) is 0 Å². The standard InChI is InChI=1S/C11H23N3/c1-10(7-12)8-14(3)11-5-4-6-13(2)9-11/h11H,1,4-9,12H2,2-3H3. The van der Waals surface area contributed by atoms with Crippen LogP contribution in [0.1, 0.15) is 12.8 Å². The number of piperidine rings is 1. The Hall–Kier alpha value is -0.380. The molecule has 0 aromatic rings. The third kappa shape index (κ3) is 3.40. The lowest BCUT2D eigenvalue weighted by molar-refractivity contribution is 0.142. The van der Waals surface area contributed by atoms with Gasteiger partial charge in [-0.3, -0.25) is 4.90 Å². The topological polar surface area (TPSA) is 32.5 Å². The van der Waals surface area contributed by atoms with Crippen molar-refractivity contribution in [3.8, 4) is 0 Å². The molecule has 1 heterocycles. The van der Waals surface area contributed by atoms with E-state index in [0.29, 0.717) is 12.6 Å². The third-order valence-corrected chi connectivity index (χ3v) is 2.98. The number of rotatable bonds is 4. The van der Waals surface area contributed by atoms with Crippen molar-refractivity contribution in [3.63, 3.8) is 0 Å². The molecule has 0 spiro atoms. The molecule has 0 aliphatic carbocycles. The minimum atomic E-state index is 0.604. The fraction of sp³-hybridized carbons (Fsp3) is 0.818. The lowest BCUT2D eigenvalue weighted by atomic mass is 10.0. The molecule has 1 unspecified atom stereocenters. The quantitative estimate of drug-likeness (QED) is 0.667. The molecule has 1 aliphatic heterocycles. The molecule has 0 aromatic carbocycles. The lowest BCUT2D eigenvalue weighted by Crippen LogP contribution is -2.45. The van der Waals surface area contributed by atoms with Gasteiger partial charge in [-0.25, -0.2) is 0 Å². The highest BCUT2D eigenvalue weighted by Crippen LogP contribution is 2.13. The van der Waals surface area contributed by atoms with Crippen molar-refractivity contribution in [2.75, 3.05) is 40.3 Å². The Morgan fingerprint density at radius 3 is 2.93 bits per heavy atom. The molecule has 3 nitrogen and oxygen atoms in total. The molecule has 0 amide bonds. The average Bonchev–Trinajstić information content (AvgIpc) is 2.17. The summed E-state index contributed by atoms with van der Waals surface area (Å²) in [6.45, 7) is 7.90. The Morgan fingerprint density at radius 1 is 1.64 bits per heavy atom. The Morgan fingerprint density at radius 2 is 2.36 bits per heavy atom. The number of likely N-dealkylation sites (N-methyl/N-ethyl adjacent to an activating group) is 2. The van der Waals surface area contributed by atoms with Gasteiger partial charge in [0.2, 0.25) is 0 Å². The van der Waals surface area contributed by atoms with Crippen LogP contribution in [0, 0.1) is 0 Å². The van der Waals surface area contributed by atoms with Gasteiger partial charge in [-0.1, -0.05) is 6.58 Å². The van der Waals surface area contributed by atoms with Gasteiger partial charge in [-0.15, -0.1) is 0 Å². The van der Waals surface area contributed by atoms with Crippen molar-refractivity contribution < 1.29 is 0 Å². The van der Waals surface area contributed by atoms with Crippen molar-refractivity contribution in [1.29, 1.82) is 0 Å². The fourth-order valence-electron chi connectivity index (χ4n) is 2.05. The summed E-state index contributed by atoms with van der Waals surface area (Å²) in [6.07, 6.45) is 2.61. The van der Waals surface area contributed by atoms with Crippen LogP contribution in [-0.2, 0) is 0 Å². The Labute approximate surface area is 87.6 Å². The van der Waals surface area contributed by atoms with Crippen molar-refractivity contribution in [1.82, 2.24) is 9.80 Å². The molecule has 0 radical (unpaired) electrons. The lowest BCUT2D eigenvalue weighted by Gasteiger charge is -2.36. The zero-order chi connectivity index (χ0) is 10.6. The number of nitrogens with two attached hydrogens (primary N) is 1. The molecule has 2 N–H and O–H groups in total. The van der Waals surface area contributed by atoms with Crippen LogP contribution in [0.15, 0.2) is 12.2 Å². The molecule has 3 heteroatoms. The number of hydrogen-bond donors (Lipinski definition) is 1. The summed E-state index contributed by atoms with van der Waals surface area (Å²) in [6, 6.07) is 0.678. The maximum absolute atomic E-state index is 5.54. The highest BCUT2D eigenvalue weighted by atomic mass is 15.2. The van der Waals surface area contributed by atoms with Crippen LogP contribution < -0.4 is 5.73 Å². The van der Waals surface area contributed by atoms with Gasteiger partial charge in [0.15, 0.2) is 0 Å². The Balaban J connectivity index is 2.35. The normalized spacial score (nSPS) is 24.1. The molecule has 82 valence electrons. The van der Waals surface area contributed by atoms with Crippen LogP contribution in [0.3, 0.4) is 0 Å². The second-order valence-electron chi connectivity index (χ2n) is 4.43. The molecule has 14 heavy (non-hydrogen) atoms. The maximum atomic E-state index is 5.54. The van der Waals surface area contributed by atoms with Crippen LogP contribution >= 0.6 is 0 Å². The molecule has 1 saturated heterocycles. The van der Waals surface area contributed by atoms with E-state index in [0.717, 1.165) is 12.1 Å². The van der Waals surface area contributed by atoms with E-state index in [2.05, 4.69) is 30.5 Å². The van der Waals surface area contributed by atoms with Crippen molar-refractivity contribution in [2.45, 2.75) is 18.9 Å². The van der Waals surface area contributed by atoms with Gasteiger partial charge >= 0.3 is 0 Å². The van der Waals surface area contributed by atoms with E-state index in [4.69, 9.17) is 5.73 Å². The smallest absolute Gasteiger partial charge is 0.0223 e. The molecule has 1 atom stereocenters. The zero-order valence-electron chi connectivity index (χ0n) is 9.50. The largest absolute Gasteiger partial charge is 0.327 e. The summed E-state index contributed by atoms with van der Waals surface area (Å²) in [5.74, 6) is 0. The Bertz CT molecular complexity index is 191. The molecule has 1 aliphatic rings. The fourth-order valence-corrected chi connectivity index (χ4v) is 2.05. The summed E-state index contributed by atoms with van der Waals surface area (Å²) in [4.78, 5) is 4.78. The van der Waals surface area contributed by atoms with Gasteiger partial charge in [0.25, 0.3) is 0 Å². The molecule has 0 aromatic heterocycles. The monoisotopic (exact) mass is 197 g/mol. The van der Waals surface area contributed by atoms with Gasteiger partial charge in [0.05, 0.1) is 0 Å². The summed E-state index contributed by atoms with van der Waals surface area (Å²) in [7, 11) is 4.36. The van der Waals surface area contributed by atoms with Gasteiger partial charge < -0.3 is 10.6 Å². The van der Waals surface area contributed by atoms with E-state index in [1.165, 1.54) is 25.9 Å². The van der Waals surface area contributed by atoms with E-state index in [9.17, 15) is 0 Å². The minimum Gasteiger partial charge on any atom is -0.327 e. The van der Waals surface area contributed by atoms with E-state index in [1.54, 1.807) is 0 Å². The third-order valence-electron chi connectivity index (χ3n) is 2.98. The van der Waals surface area contributed by atoms with Gasteiger partial charge in [-0.05, 0) is 39.1 Å². The average molecular weight is 197 g/mol. The molecular weight excluding hydrogens is 174 g/mol. The van der Waals surface area contributed by atoms with E-state index in [-0.39, 0.29) is 0 Å². The minimum absolute atomic E-state index is 0.604. The molecular formula is C11H23N3. The predicted octanol–water partition coefficient (Wildman–Crippen LogP) is 0.527. The Kier molecular flexibility index (Phi) is 4.58. The van der Waals surface area contributed by atoms with Crippen LogP contribution in [0.4, 0.5) is 0 Å². The second kappa shape index (κ2) is 5.49. The van der Waals surface area contributed by atoms with Gasteiger partial charge in [-0.2, -0.15) is 0 Å². The number of likely N-dealkylation sites (tertiary alicyclic amines) is 1. The van der Waals surface area contributed by atoms with Crippen molar-refractivity contribution >= 4 is 0 Å². The van der Waals surface area contributed by atoms with Crippen LogP contribution in [-0.4, -0.2) is 56.1 Å². The summed E-state index contributed by atoms with van der Waals surface area (Å²) < 4.78 is 0. The predicted molar refractivity (Wildman–Crippen MR) is 61.3 cm³/mol. The zero-order valence-corrected chi connectivity index (χ0v) is 9.50. The summed E-state index contributed by atoms with van der Waals surface area (Å²) in [5, 5.41) is 0. The molecule has 0 bridgehead atoms. The van der Waals surface area contributed by atoms with Crippen molar-refractivity contribution in [3.05, 3.63) is 12.2 Å². The molecule has 1 fully saturated rings. The summed E-state index contributed by atoms with van der Waals surface area (Å²) >= 11 is 0. The molecule has 1 rings (SSSR count). The first-order valence-corrected chi connectivity index (χ1v) is 5.39. The van der Waals surface area contributed by atoms with Gasteiger partial charge in [0.1, 0.15) is 0 Å². The van der Waals surface area contributed by atoms with E-state index >= 15 is 0 Å². The highest BCUT2D eigenvalue weighted by Gasteiger charge is 2.20. The SMILES string of the molecule is C=C(CN)CN(C)C1CCCN(C)C1. The highest BCUT2D eigenvalue weighted by molar-refractivity contribution is 4.99. The first-order chi connectivity index (χ1) is 6.63. The molecule has 0 saturated carbocycles. The van der Waals surface area contributed by atoms with Crippen LogP contribution in [0.25, 0.3) is 0 Å². The number of hydrogen-bond acceptors (Lipinski definition) is 3. The van der Waals surface area contributed by atoms with Crippen molar-refractivity contribution in [2.24, 2.45) is 5.73 Å². The second-order valence-corrected chi connectivity index (χ2v) is 4.43. The summed E-state index contributed by atoms with van der Waals surface area (Å²) in [5.41, 5.74) is 6.67. The van der Waals surface area contributed by atoms with Crippen LogP contribution in [0.5, 0.6) is 0 Å². The number of nitrogens with zero attached hydrogens (tertiary/aromatic N) is 2. The van der Waals surface area contributed by atoms with Crippen LogP contribution in [0.2, 0.25) is 0 Å². The maximum Gasteiger partial charge on any atom is 0.0223 e.